The van der Waals surface area contributed by atoms with Gasteiger partial charge in [0.05, 0.1) is 6.61 Å². The van der Waals surface area contributed by atoms with Crippen molar-refractivity contribution in [2.75, 3.05) is 6.61 Å². The molecular formula is C12H18N2O. The topological polar surface area (TPSA) is 59.1 Å². The van der Waals surface area contributed by atoms with Gasteiger partial charge in [0.2, 0.25) is 0 Å². The first-order valence-corrected chi connectivity index (χ1v) is 4.96. The summed E-state index contributed by atoms with van der Waals surface area (Å²) in [6.07, 6.45) is 0. The summed E-state index contributed by atoms with van der Waals surface area (Å²) in [6.45, 7) is 6.99. The number of benzene rings is 1. The number of nitrogens with one attached hydrogen (secondary N) is 1. The molecule has 0 aromatic heterocycles. The number of nitrogens with two attached hydrogens (primary N) is 1. The molecule has 0 fully saturated rings. The van der Waals surface area contributed by atoms with Crippen molar-refractivity contribution in [3.63, 3.8) is 0 Å². The van der Waals surface area contributed by atoms with Crippen LogP contribution in [0.1, 0.15) is 26.3 Å². The zero-order chi connectivity index (χ0) is 11.5. The van der Waals surface area contributed by atoms with Gasteiger partial charge in [0.25, 0.3) is 0 Å². The van der Waals surface area contributed by atoms with Gasteiger partial charge in [0.1, 0.15) is 11.6 Å². The van der Waals surface area contributed by atoms with E-state index in [9.17, 15) is 0 Å². The molecule has 0 aliphatic heterocycles. The third-order valence-corrected chi connectivity index (χ3v) is 1.82. The number of amidine groups is 1. The van der Waals surface area contributed by atoms with E-state index in [2.05, 4.69) is 20.8 Å². The predicted octanol–water partition coefficient (Wildman–Crippen LogP) is 2.40. The number of hydrogen-bond acceptors (Lipinski definition) is 2. The van der Waals surface area contributed by atoms with Crippen LogP contribution in [0, 0.1) is 10.8 Å². The second kappa shape index (κ2) is 4.34. The van der Waals surface area contributed by atoms with Crippen LogP contribution in [-0.4, -0.2) is 12.4 Å². The van der Waals surface area contributed by atoms with Crippen molar-refractivity contribution in [3.8, 4) is 5.75 Å². The molecule has 0 aliphatic carbocycles. The molecule has 1 aromatic rings. The van der Waals surface area contributed by atoms with Crippen LogP contribution in [0.4, 0.5) is 0 Å². The van der Waals surface area contributed by atoms with E-state index in [1.54, 1.807) is 12.1 Å². The summed E-state index contributed by atoms with van der Waals surface area (Å²) in [6, 6.07) is 7.30. The second-order valence-electron chi connectivity index (χ2n) is 4.79. The van der Waals surface area contributed by atoms with Gasteiger partial charge in [-0.2, -0.15) is 0 Å². The third-order valence-electron chi connectivity index (χ3n) is 1.82. The first-order valence-electron chi connectivity index (χ1n) is 4.96. The van der Waals surface area contributed by atoms with Gasteiger partial charge in [0, 0.05) is 5.56 Å². The van der Waals surface area contributed by atoms with E-state index >= 15 is 0 Å². The Bertz CT molecular complexity index is 353. The Balaban J connectivity index is 2.70. The van der Waals surface area contributed by atoms with Crippen molar-refractivity contribution < 1.29 is 4.74 Å². The van der Waals surface area contributed by atoms with Crippen molar-refractivity contribution >= 4 is 5.84 Å². The van der Waals surface area contributed by atoms with Crippen LogP contribution < -0.4 is 10.5 Å². The summed E-state index contributed by atoms with van der Waals surface area (Å²) in [5, 5.41) is 7.31. The van der Waals surface area contributed by atoms with E-state index in [1.165, 1.54) is 0 Å². The fraction of sp³-hybridized carbons (Fsp3) is 0.417. The first kappa shape index (κ1) is 11.6. The molecule has 3 heteroatoms. The molecule has 0 radical (unpaired) electrons. The van der Waals surface area contributed by atoms with Gasteiger partial charge in [-0.05, 0) is 17.5 Å². The lowest BCUT2D eigenvalue weighted by Crippen LogP contribution is -2.17. The monoisotopic (exact) mass is 206 g/mol. The molecule has 0 heterocycles. The number of ether oxygens (including phenoxy) is 1. The van der Waals surface area contributed by atoms with E-state index in [-0.39, 0.29) is 11.3 Å². The Morgan fingerprint density at radius 1 is 1.40 bits per heavy atom. The van der Waals surface area contributed by atoms with E-state index in [0.29, 0.717) is 12.2 Å². The number of nitrogen functional groups attached to an aromatic ring is 1. The van der Waals surface area contributed by atoms with Crippen molar-refractivity contribution in [3.05, 3.63) is 29.8 Å². The lowest BCUT2D eigenvalue weighted by atomic mass is 9.99. The van der Waals surface area contributed by atoms with Crippen LogP contribution >= 0.6 is 0 Å². The molecule has 1 rings (SSSR count). The predicted molar refractivity (Wildman–Crippen MR) is 62.4 cm³/mol. The average Bonchev–Trinajstić information content (AvgIpc) is 2.14. The molecule has 0 amide bonds. The lowest BCUT2D eigenvalue weighted by molar-refractivity contribution is 0.198. The summed E-state index contributed by atoms with van der Waals surface area (Å²) >= 11 is 0. The van der Waals surface area contributed by atoms with Crippen LogP contribution in [0.3, 0.4) is 0 Å². The second-order valence-corrected chi connectivity index (χ2v) is 4.79. The third kappa shape index (κ3) is 4.02. The normalized spacial score (nSPS) is 11.1. The zero-order valence-corrected chi connectivity index (χ0v) is 9.50. The Morgan fingerprint density at radius 3 is 2.60 bits per heavy atom. The van der Waals surface area contributed by atoms with Crippen molar-refractivity contribution in [2.24, 2.45) is 11.1 Å². The van der Waals surface area contributed by atoms with Crippen molar-refractivity contribution in [2.45, 2.75) is 20.8 Å². The van der Waals surface area contributed by atoms with Gasteiger partial charge in [-0.15, -0.1) is 0 Å². The van der Waals surface area contributed by atoms with E-state index in [4.69, 9.17) is 15.9 Å². The molecule has 0 aliphatic rings. The van der Waals surface area contributed by atoms with Gasteiger partial charge in [0.15, 0.2) is 0 Å². The fourth-order valence-corrected chi connectivity index (χ4v) is 1.05. The molecule has 0 bridgehead atoms. The van der Waals surface area contributed by atoms with Crippen LogP contribution in [0.15, 0.2) is 24.3 Å². The van der Waals surface area contributed by atoms with E-state index in [1.807, 2.05) is 12.1 Å². The van der Waals surface area contributed by atoms with Gasteiger partial charge < -0.3 is 10.5 Å². The average molecular weight is 206 g/mol. The minimum absolute atomic E-state index is 0.0659. The van der Waals surface area contributed by atoms with Crippen LogP contribution in [0.5, 0.6) is 5.75 Å². The van der Waals surface area contributed by atoms with Crippen LogP contribution in [0.25, 0.3) is 0 Å². The Labute approximate surface area is 90.8 Å². The fourth-order valence-electron chi connectivity index (χ4n) is 1.05. The highest BCUT2D eigenvalue weighted by molar-refractivity contribution is 5.95. The summed E-state index contributed by atoms with van der Waals surface area (Å²) in [4.78, 5) is 0. The number of hydrogen-bond donors (Lipinski definition) is 2. The minimum atomic E-state index is 0.0659. The minimum Gasteiger partial charge on any atom is -0.493 e. The maximum Gasteiger partial charge on any atom is 0.122 e. The molecule has 82 valence electrons. The van der Waals surface area contributed by atoms with Crippen molar-refractivity contribution in [1.82, 2.24) is 0 Å². The highest BCUT2D eigenvalue weighted by atomic mass is 16.5. The zero-order valence-electron chi connectivity index (χ0n) is 9.50. The quantitative estimate of drug-likeness (QED) is 0.589. The molecule has 3 nitrogen and oxygen atoms in total. The molecule has 1 aromatic carbocycles. The van der Waals surface area contributed by atoms with Gasteiger partial charge >= 0.3 is 0 Å². The Kier molecular flexibility index (Phi) is 3.35. The van der Waals surface area contributed by atoms with E-state index in [0.717, 1.165) is 5.75 Å². The summed E-state index contributed by atoms with van der Waals surface area (Å²) in [7, 11) is 0. The highest BCUT2D eigenvalue weighted by Gasteiger charge is 2.11. The maximum atomic E-state index is 7.31. The largest absolute Gasteiger partial charge is 0.493 e. The summed E-state index contributed by atoms with van der Waals surface area (Å²) in [5.41, 5.74) is 6.22. The van der Waals surface area contributed by atoms with E-state index < -0.39 is 0 Å². The van der Waals surface area contributed by atoms with Gasteiger partial charge in [-0.1, -0.05) is 32.9 Å². The Morgan fingerprint density at radius 2 is 2.07 bits per heavy atom. The molecule has 0 atom stereocenters. The lowest BCUT2D eigenvalue weighted by Gasteiger charge is -2.19. The summed E-state index contributed by atoms with van der Waals surface area (Å²) < 4.78 is 5.61. The molecule has 3 N–H and O–H groups in total. The molecule has 0 unspecified atom stereocenters. The first-order chi connectivity index (χ1) is 6.88. The SMILES string of the molecule is CC(C)(C)COc1cccc(C(=N)N)c1. The molecule has 0 saturated carbocycles. The van der Waals surface area contributed by atoms with Gasteiger partial charge in [-0.3, -0.25) is 5.41 Å². The molecule has 0 spiro atoms. The smallest absolute Gasteiger partial charge is 0.122 e. The maximum absolute atomic E-state index is 7.31. The van der Waals surface area contributed by atoms with Crippen LogP contribution in [0.2, 0.25) is 0 Å². The molecule has 15 heavy (non-hydrogen) atoms. The van der Waals surface area contributed by atoms with Gasteiger partial charge in [-0.25, -0.2) is 0 Å². The highest BCUT2D eigenvalue weighted by Crippen LogP contribution is 2.18. The summed E-state index contributed by atoms with van der Waals surface area (Å²) in [5.74, 6) is 0.828. The number of rotatable bonds is 3. The van der Waals surface area contributed by atoms with Crippen LogP contribution in [-0.2, 0) is 0 Å². The Hall–Kier alpha value is -1.51. The molecule has 0 saturated heterocycles. The molecular weight excluding hydrogens is 188 g/mol. The van der Waals surface area contributed by atoms with Crippen molar-refractivity contribution in [1.29, 1.82) is 5.41 Å². The standard InChI is InChI=1S/C12H18N2O/c1-12(2,3)8-15-10-6-4-5-9(7-10)11(13)14/h4-7H,8H2,1-3H3,(H3,13,14).